The van der Waals surface area contributed by atoms with Crippen LogP contribution in [0.2, 0.25) is 0 Å². The summed E-state index contributed by atoms with van der Waals surface area (Å²) in [6, 6.07) is 0. The molecule has 1 aliphatic carbocycles. The van der Waals surface area contributed by atoms with Crippen molar-refractivity contribution in [2.75, 3.05) is 0 Å². The molecule has 0 aromatic rings. The van der Waals surface area contributed by atoms with Crippen LogP contribution in [0.4, 0.5) is 0 Å². The number of rotatable bonds is 5. The fraction of sp³-hybridized carbons (Fsp3) is 0.846. The molecule has 0 radical (unpaired) electrons. The Bertz CT molecular complexity index is 188. The number of hydrogen-bond donors (Lipinski definition) is 1. The molecule has 0 spiro atoms. The monoisotopic (exact) mass is 196 g/mol. The third-order valence-electron chi connectivity index (χ3n) is 3.84. The lowest BCUT2D eigenvalue weighted by Crippen LogP contribution is -2.35. The molecule has 0 bridgehead atoms. The van der Waals surface area contributed by atoms with Gasteiger partial charge >= 0.3 is 0 Å². The standard InChI is InChI=1S/C13H24O/c1-4-8-11(5-2)12-9-7-10-13(12,14)6-3/h6,11-12,14H,3-5,7-10H2,1-2H3. The second-order valence-electron chi connectivity index (χ2n) is 4.65. The van der Waals surface area contributed by atoms with E-state index >= 15 is 0 Å². The van der Waals surface area contributed by atoms with Crippen molar-refractivity contribution in [3.63, 3.8) is 0 Å². The van der Waals surface area contributed by atoms with Crippen LogP contribution in [-0.4, -0.2) is 10.7 Å². The summed E-state index contributed by atoms with van der Waals surface area (Å²) in [4.78, 5) is 0. The molecule has 3 atom stereocenters. The summed E-state index contributed by atoms with van der Waals surface area (Å²) in [7, 11) is 0. The second-order valence-corrected chi connectivity index (χ2v) is 4.65. The lowest BCUT2D eigenvalue weighted by molar-refractivity contribution is 0.0206. The predicted octanol–water partition coefficient (Wildman–Crippen LogP) is 3.53. The highest BCUT2D eigenvalue weighted by Crippen LogP contribution is 2.43. The van der Waals surface area contributed by atoms with Crippen LogP contribution in [0, 0.1) is 11.8 Å². The molecule has 1 heteroatoms. The molecular weight excluding hydrogens is 172 g/mol. The minimum absolute atomic E-state index is 0.463. The summed E-state index contributed by atoms with van der Waals surface area (Å²) in [6.07, 6.45) is 8.70. The predicted molar refractivity (Wildman–Crippen MR) is 61.2 cm³/mol. The Morgan fingerprint density at radius 1 is 1.57 bits per heavy atom. The minimum Gasteiger partial charge on any atom is -0.386 e. The van der Waals surface area contributed by atoms with Crippen LogP contribution in [0.25, 0.3) is 0 Å². The summed E-state index contributed by atoms with van der Waals surface area (Å²) in [5.74, 6) is 1.15. The van der Waals surface area contributed by atoms with Crippen molar-refractivity contribution in [2.45, 2.75) is 58.0 Å². The maximum absolute atomic E-state index is 10.4. The summed E-state index contributed by atoms with van der Waals surface area (Å²) >= 11 is 0. The minimum atomic E-state index is -0.560. The van der Waals surface area contributed by atoms with Gasteiger partial charge in [0.15, 0.2) is 0 Å². The molecule has 0 heterocycles. The summed E-state index contributed by atoms with van der Waals surface area (Å²) in [6.45, 7) is 8.26. The van der Waals surface area contributed by atoms with Gasteiger partial charge in [-0.05, 0) is 31.1 Å². The van der Waals surface area contributed by atoms with Gasteiger partial charge in [0.25, 0.3) is 0 Å². The third kappa shape index (κ3) is 2.20. The molecule has 1 saturated carbocycles. The smallest absolute Gasteiger partial charge is 0.0855 e. The van der Waals surface area contributed by atoms with E-state index in [1.165, 1.54) is 25.7 Å². The molecule has 1 aliphatic rings. The third-order valence-corrected chi connectivity index (χ3v) is 3.84. The van der Waals surface area contributed by atoms with E-state index in [0.29, 0.717) is 11.8 Å². The molecule has 3 unspecified atom stereocenters. The van der Waals surface area contributed by atoms with Crippen molar-refractivity contribution in [1.29, 1.82) is 0 Å². The molecule has 1 nitrogen and oxygen atoms in total. The maximum atomic E-state index is 10.4. The fourth-order valence-electron chi connectivity index (χ4n) is 3.00. The highest BCUT2D eigenvalue weighted by molar-refractivity contribution is 5.05. The van der Waals surface area contributed by atoms with Crippen molar-refractivity contribution in [3.8, 4) is 0 Å². The van der Waals surface area contributed by atoms with Crippen LogP contribution in [0.3, 0.4) is 0 Å². The Morgan fingerprint density at radius 3 is 2.79 bits per heavy atom. The van der Waals surface area contributed by atoms with E-state index in [2.05, 4.69) is 20.4 Å². The van der Waals surface area contributed by atoms with E-state index in [1.807, 2.05) is 0 Å². The van der Waals surface area contributed by atoms with E-state index < -0.39 is 5.60 Å². The Morgan fingerprint density at radius 2 is 2.29 bits per heavy atom. The molecular formula is C13H24O. The first kappa shape index (κ1) is 11.8. The molecule has 0 amide bonds. The van der Waals surface area contributed by atoms with E-state index in [4.69, 9.17) is 0 Å². The first-order chi connectivity index (χ1) is 6.68. The largest absolute Gasteiger partial charge is 0.386 e. The van der Waals surface area contributed by atoms with Crippen molar-refractivity contribution in [2.24, 2.45) is 11.8 Å². The van der Waals surface area contributed by atoms with E-state index in [1.54, 1.807) is 6.08 Å². The zero-order valence-corrected chi connectivity index (χ0v) is 9.63. The van der Waals surface area contributed by atoms with Crippen LogP contribution in [-0.2, 0) is 0 Å². The van der Waals surface area contributed by atoms with Gasteiger partial charge in [0.05, 0.1) is 5.60 Å². The van der Waals surface area contributed by atoms with Crippen LogP contribution in [0.5, 0.6) is 0 Å². The van der Waals surface area contributed by atoms with Gasteiger partial charge in [-0.2, -0.15) is 0 Å². The van der Waals surface area contributed by atoms with Gasteiger partial charge in [0.1, 0.15) is 0 Å². The average Bonchev–Trinajstić information content (AvgIpc) is 2.58. The van der Waals surface area contributed by atoms with E-state index in [9.17, 15) is 5.11 Å². The van der Waals surface area contributed by atoms with Crippen LogP contribution >= 0.6 is 0 Å². The molecule has 1 N–H and O–H groups in total. The molecule has 0 aliphatic heterocycles. The van der Waals surface area contributed by atoms with Gasteiger partial charge in [-0.15, -0.1) is 6.58 Å². The van der Waals surface area contributed by atoms with Gasteiger partial charge in [-0.1, -0.05) is 39.2 Å². The van der Waals surface area contributed by atoms with Crippen LogP contribution in [0.1, 0.15) is 52.4 Å². The van der Waals surface area contributed by atoms with Gasteiger partial charge in [-0.25, -0.2) is 0 Å². The molecule has 0 aromatic heterocycles. The van der Waals surface area contributed by atoms with Crippen molar-refractivity contribution in [3.05, 3.63) is 12.7 Å². The van der Waals surface area contributed by atoms with Crippen molar-refractivity contribution in [1.82, 2.24) is 0 Å². The summed E-state index contributed by atoms with van der Waals surface area (Å²) in [5, 5.41) is 10.4. The zero-order valence-electron chi connectivity index (χ0n) is 9.63. The molecule has 82 valence electrons. The van der Waals surface area contributed by atoms with E-state index in [0.717, 1.165) is 12.8 Å². The Labute approximate surface area is 88.2 Å². The van der Waals surface area contributed by atoms with Gasteiger partial charge in [0, 0.05) is 0 Å². The normalized spacial score (nSPS) is 34.4. The second kappa shape index (κ2) is 4.97. The highest BCUT2D eigenvalue weighted by atomic mass is 16.3. The zero-order chi connectivity index (χ0) is 10.6. The lowest BCUT2D eigenvalue weighted by atomic mass is 9.77. The van der Waals surface area contributed by atoms with Crippen molar-refractivity contribution < 1.29 is 5.11 Å². The Kier molecular flexibility index (Phi) is 4.18. The number of hydrogen-bond acceptors (Lipinski definition) is 1. The first-order valence-corrected chi connectivity index (χ1v) is 6.04. The average molecular weight is 196 g/mol. The Balaban J connectivity index is 2.68. The summed E-state index contributed by atoms with van der Waals surface area (Å²) in [5.41, 5.74) is -0.560. The van der Waals surface area contributed by atoms with Crippen molar-refractivity contribution >= 4 is 0 Å². The van der Waals surface area contributed by atoms with Crippen LogP contribution in [0.15, 0.2) is 12.7 Å². The molecule has 1 rings (SSSR count). The SMILES string of the molecule is C=CC1(O)CCCC1C(CC)CCC. The van der Waals surface area contributed by atoms with Crippen LogP contribution < -0.4 is 0 Å². The molecule has 14 heavy (non-hydrogen) atoms. The molecule has 0 saturated heterocycles. The maximum Gasteiger partial charge on any atom is 0.0855 e. The Hall–Kier alpha value is -0.300. The quantitative estimate of drug-likeness (QED) is 0.667. The molecule has 0 aromatic carbocycles. The summed E-state index contributed by atoms with van der Waals surface area (Å²) < 4.78 is 0. The highest BCUT2D eigenvalue weighted by Gasteiger charge is 2.41. The fourth-order valence-corrected chi connectivity index (χ4v) is 3.00. The topological polar surface area (TPSA) is 20.2 Å². The first-order valence-electron chi connectivity index (χ1n) is 6.04. The van der Waals surface area contributed by atoms with E-state index in [-0.39, 0.29) is 0 Å². The van der Waals surface area contributed by atoms with Gasteiger partial charge in [-0.3, -0.25) is 0 Å². The van der Waals surface area contributed by atoms with Gasteiger partial charge < -0.3 is 5.11 Å². The lowest BCUT2D eigenvalue weighted by Gasteiger charge is -2.33. The number of aliphatic hydroxyl groups is 1. The van der Waals surface area contributed by atoms with Gasteiger partial charge in [0.2, 0.25) is 0 Å². The molecule has 1 fully saturated rings.